The molecule has 0 radical (unpaired) electrons. The molecule has 14 heteroatoms. The second-order valence-electron chi connectivity index (χ2n) is 9.56. The Balaban J connectivity index is 1.65. The van der Waals surface area contributed by atoms with Gasteiger partial charge in [0, 0.05) is 10.7 Å². The Morgan fingerprint density at radius 2 is 1.50 bits per heavy atom. The van der Waals surface area contributed by atoms with Gasteiger partial charge in [0.1, 0.15) is 27.7 Å². The molecule has 0 spiro atoms. The number of esters is 3. The summed E-state index contributed by atoms with van der Waals surface area (Å²) in [5.74, 6) is -0.128. The number of carbonyl (C=O) groups is 3. The molecular weight excluding hydrogens is 933 g/mol. The molecule has 0 heterocycles. The van der Waals surface area contributed by atoms with E-state index in [0.717, 1.165) is 22.8 Å². The molecule has 0 unspecified atom stereocenters. The van der Waals surface area contributed by atoms with Crippen LogP contribution in [-0.4, -0.2) is 43.1 Å². The standard InChI is InChI=1S/C30H23I3O10S/c1-2-30(13-4-3-5-14-30)43-25(34)17-40-24-8-6-7-21(28(35)41-19-11-9-18(31)10-12-19)26(24)29(36)42-20-15-22(32)27(23(33)16-20)44(37,38)39/h1,6-12,15-16H,3-5,13-14,17H2,(H,37,38,39). The van der Waals surface area contributed by atoms with Gasteiger partial charge < -0.3 is 18.9 Å². The maximum atomic E-state index is 13.6. The lowest BCUT2D eigenvalue weighted by atomic mass is 9.85. The van der Waals surface area contributed by atoms with E-state index < -0.39 is 40.2 Å². The number of ether oxygens (including phenoxy) is 4. The molecule has 1 N–H and O–H groups in total. The number of carbonyl (C=O) groups excluding carboxylic acids is 3. The van der Waals surface area contributed by atoms with Crippen LogP contribution in [0.5, 0.6) is 17.2 Å². The summed E-state index contributed by atoms with van der Waals surface area (Å²) in [6.45, 7) is -0.613. The second-order valence-corrected chi connectivity index (χ2v) is 14.5. The predicted octanol–water partition coefficient (Wildman–Crippen LogP) is 6.44. The highest BCUT2D eigenvalue weighted by atomic mass is 127. The van der Waals surface area contributed by atoms with Crippen LogP contribution in [0.15, 0.2) is 59.5 Å². The minimum Gasteiger partial charge on any atom is -0.481 e. The van der Waals surface area contributed by atoms with Crippen LogP contribution in [0.1, 0.15) is 52.8 Å². The van der Waals surface area contributed by atoms with Gasteiger partial charge in [0.2, 0.25) is 0 Å². The third-order valence-electron chi connectivity index (χ3n) is 6.49. The minimum absolute atomic E-state index is 0.0735. The van der Waals surface area contributed by atoms with Crippen molar-refractivity contribution in [2.45, 2.75) is 42.6 Å². The Labute approximate surface area is 294 Å². The quantitative estimate of drug-likeness (QED) is 0.0838. The Kier molecular flexibility index (Phi) is 11.5. The number of terminal acetylenes is 1. The van der Waals surface area contributed by atoms with Gasteiger partial charge in [-0.25, -0.2) is 14.4 Å². The summed E-state index contributed by atoms with van der Waals surface area (Å²) in [6.07, 6.45) is 9.37. The fourth-order valence-electron chi connectivity index (χ4n) is 4.48. The van der Waals surface area contributed by atoms with E-state index in [-0.39, 0.29) is 40.4 Å². The predicted molar refractivity (Wildman–Crippen MR) is 183 cm³/mol. The third-order valence-corrected chi connectivity index (χ3v) is 10.6. The zero-order valence-corrected chi connectivity index (χ0v) is 30.0. The molecule has 3 aromatic rings. The van der Waals surface area contributed by atoms with Crippen molar-refractivity contribution in [3.8, 4) is 29.6 Å². The molecule has 3 aromatic carbocycles. The van der Waals surface area contributed by atoms with Gasteiger partial charge >= 0.3 is 17.9 Å². The van der Waals surface area contributed by atoms with E-state index in [0.29, 0.717) is 12.8 Å². The molecule has 0 bridgehead atoms. The van der Waals surface area contributed by atoms with Crippen LogP contribution in [0.25, 0.3) is 0 Å². The molecule has 0 amide bonds. The average Bonchev–Trinajstić information content (AvgIpc) is 2.96. The van der Waals surface area contributed by atoms with Gasteiger partial charge in [0.25, 0.3) is 10.1 Å². The third kappa shape index (κ3) is 8.62. The summed E-state index contributed by atoms with van der Waals surface area (Å²) in [4.78, 5) is 39.3. The van der Waals surface area contributed by atoms with E-state index in [9.17, 15) is 27.4 Å². The lowest BCUT2D eigenvalue weighted by molar-refractivity contribution is -0.159. The molecule has 0 saturated heterocycles. The monoisotopic (exact) mass is 956 g/mol. The van der Waals surface area contributed by atoms with Gasteiger partial charge in [-0.05, 0) is 142 Å². The van der Waals surface area contributed by atoms with E-state index >= 15 is 0 Å². The van der Waals surface area contributed by atoms with E-state index in [4.69, 9.17) is 25.4 Å². The molecule has 1 saturated carbocycles. The Morgan fingerprint density at radius 3 is 2.09 bits per heavy atom. The lowest BCUT2D eigenvalue weighted by Crippen LogP contribution is -2.37. The van der Waals surface area contributed by atoms with Crippen molar-refractivity contribution in [3.05, 3.63) is 76.4 Å². The molecule has 0 aromatic heterocycles. The molecular formula is C30H23I3O10S. The first-order valence-electron chi connectivity index (χ1n) is 12.9. The van der Waals surface area contributed by atoms with Crippen molar-refractivity contribution >= 4 is 95.8 Å². The van der Waals surface area contributed by atoms with Gasteiger partial charge in [-0.15, -0.1) is 6.42 Å². The Bertz CT molecular complexity index is 1720. The molecule has 0 atom stereocenters. The van der Waals surface area contributed by atoms with E-state index in [1.807, 2.05) is 0 Å². The zero-order chi connectivity index (χ0) is 32.1. The zero-order valence-electron chi connectivity index (χ0n) is 22.7. The van der Waals surface area contributed by atoms with Gasteiger partial charge in [-0.1, -0.05) is 18.4 Å². The van der Waals surface area contributed by atoms with Crippen molar-refractivity contribution in [2.24, 2.45) is 0 Å². The minimum atomic E-state index is -4.54. The summed E-state index contributed by atoms with van der Waals surface area (Å²) >= 11 is 5.47. The van der Waals surface area contributed by atoms with Crippen LogP contribution >= 0.6 is 67.8 Å². The fourth-order valence-corrected chi connectivity index (χ4v) is 8.83. The van der Waals surface area contributed by atoms with E-state index in [1.54, 1.807) is 69.4 Å². The number of hydrogen-bond acceptors (Lipinski definition) is 9. The normalized spacial score (nSPS) is 14.2. The molecule has 230 valence electrons. The molecule has 1 aliphatic carbocycles. The molecule has 1 fully saturated rings. The van der Waals surface area contributed by atoms with Gasteiger partial charge in [-0.3, -0.25) is 4.55 Å². The summed E-state index contributed by atoms with van der Waals surface area (Å²) in [6, 6.07) is 13.3. The summed E-state index contributed by atoms with van der Waals surface area (Å²) in [5.41, 5.74) is -1.59. The van der Waals surface area contributed by atoms with Crippen LogP contribution in [0.3, 0.4) is 0 Å². The Hall–Kier alpha value is -2.47. The number of hydrogen-bond donors (Lipinski definition) is 1. The van der Waals surface area contributed by atoms with Crippen LogP contribution in [0, 0.1) is 23.1 Å². The maximum absolute atomic E-state index is 13.6. The smallest absolute Gasteiger partial charge is 0.348 e. The SMILES string of the molecule is C#CC1(OC(=O)COc2cccc(C(=O)Oc3ccc(I)cc3)c2C(=O)Oc2cc(I)c(S(=O)(=O)O)c(I)c2)CCCCC1. The molecule has 44 heavy (non-hydrogen) atoms. The molecule has 4 rings (SSSR count). The first-order valence-corrected chi connectivity index (χ1v) is 17.6. The van der Waals surface area contributed by atoms with Crippen molar-refractivity contribution in [3.63, 3.8) is 0 Å². The van der Waals surface area contributed by atoms with Crippen LogP contribution in [0.4, 0.5) is 0 Å². The lowest BCUT2D eigenvalue weighted by Gasteiger charge is -2.31. The number of benzene rings is 3. The maximum Gasteiger partial charge on any atom is 0.348 e. The van der Waals surface area contributed by atoms with Crippen molar-refractivity contribution < 1.29 is 46.3 Å². The van der Waals surface area contributed by atoms with Gasteiger partial charge in [0.15, 0.2) is 12.2 Å². The summed E-state index contributed by atoms with van der Waals surface area (Å²) in [7, 11) is -4.54. The second kappa shape index (κ2) is 14.7. The van der Waals surface area contributed by atoms with Gasteiger partial charge in [-0.2, -0.15) is 8.42 Å². The fraction of sp³-hybridized carbons (Fsp3) is 0.233. The summed E-state index contributed by atoms with van der Waals surface area (Å²) < 4.78 is 56.5. The van der Waals surface area contributed by atoms with Crippen LogP contribution in [-0.2, 0) is 19.6 Å². The van der Waals surface area contributed by atoms with Crippen molar-refractivity contribution in [2.75, 3.05) is 6.61 Å². The van der Waals surface area contributed by atoms with Crippen LogP contribution < -0.4 is 14.2 Å². The average molecular weight is 956 g/mol. The summed E-state index contributed by atoms with van der Waals surface area (Å²) in [5, 5.41) is 0. The highest BCUT2D eigenvalue weighted by Gasteiger charge is 2.34. The molecule has 10 nitrogen and oxygen atoms in total. The van der Waals surface area contributed by atoms with Gasteiger partial charge in [0.05, 0.1) is 5.56 Å². The highest BCUT2D eigenvalue weighted by Crippen LogP contribution is 2.33. The van der Waals surface area contributed by atoms with Crippen molar-refractivity contribution in [1.29, 1.82) is 0 Å². The molecule has 0 aliphatic heterocycles. The topological polar surface area (TPSA) is 142 Å². The van der Waals surface area contributed by atoms with Crippen molar-refractivity contribution in [1.82, 2.24) is 0 Å². The van der Waals surface area contributed by atoms with E-state index in [1.165, 1.54) is 30.3 Å². The molecule has 1 aliphatic rings. The first-order chi connectivity index (χ1) is 20.8. The number of rotatable bonds is 9. The van der Waals surface area contributed by atoms with E-state index in [2.05, 4.69) is 28.5 Å². The Morgan fingerprint density at radius 1 is 0.886 bits per heavy atom. The first kappa shape index (κ1) is 34.4. The number of halogens is 3. The highest BCUT2D eigenvalue weighted by molar-refractivity contribution is 14.1. The largest absolute Gasteiger partial charge is 0.481 e. The van der Waals surface area contributed by atoms with Crippen LogP contribution in [0.2, 0.25) is 0 Å².